The number of rotatable bonds is 2. The Morgan fingerprint density at radius 2 is 2.21 bits per heavy atom. The molecule has 0 aliphatic rings. The molecular formula is C9H12N2O2S. The van der Waals surface area contributed by atoms with Gasteiger partial charge in [0.2, 0.25) is 11.1 Å². The summed E-state index contributed by atoms with van der Waals surface area (Å²) >= 11 is 1.44. The van der Waals surface area contributed by atoms with Gasteiger partial charge >= 0.3 is 0 Å². The lowest BCUT2D eigenvalue weighted by Crippen LogP contribution is -1.93. The van der Waals surface area contributed by atoms with Gasteiger partial charge in [-0.3, -0.25) is 0 Å². The minimum atomic E-state index is 0.576. The highest BCUT2D eigenvalue weighted by molar-refractivity contribution is 8.12. The Balaban J connectivity index is 2.81. The van der Waals surface area contributed by atoms with Crippen LogP contribution in [0.2, 0.25) is 0 Å². The maximum absolute atomic E-state index is 5.01. The molecule has 0 bridgehead atoms. The Morgan fingerprint density at radius 3 is 2.64 bits per heavy atom. The summed E-state index contributed by atoms with van der Waals surface area (Å²) in [6.45, 7) is 0. The zero-order valence-corrected chi connectivity index (χ0v) is 9.17. The van der Waals surface area contributed by atoms with Gasteiger partial charge in [-0.1, -0.05) is 11.8 Å². The van der Waals surface area contributed by atoms with Crippen LogP contribution in [0, 0.1) is 0 Å². The molecule has 4 nitrogen and oxygen atoms in total. The molecule has 5 heteroatoms. The fraction of sp³-hybridized carbons (Fsp3) is 0.333. The Labute approximate surface area is 87.4 Å². The zero-order valence-electron chi connectivity index (χ0n) is 8.35. The molecule has 0 amide bonds. The van der Waals surface area contributed by atoms with Crippen LogP contribution in [0.15, 0.2) is 23.3 Å². The van der Waals surface area contributed by atoms with Gasteiger partial charge in [-0.15, -0.1) is 0 Å². The number of aliphatic imine (C=N–C) groups is 1. The first-order valence-electron chi connectivity index (χ1n) is 3.97. The summed E-state index contributed by atoms with van der Waals surface area (Å²) in [5, 5.41) is 0.608. The number of pyridine rings is 1. The van der Waals surface area contributed by atoms with E-state index in [1.165, 1.54) is 11.8 Å². The van der Waals surface area contributed by atoms with Crippen molar-refractivity contribution >= 4 is 22.7 Å². The van der Waals surface area contributed by atoms with Crippen LogP contribution in [0.1, 0.15) is 0 Å². The first-order valence-corrected chi connectivity index (χ1v) is 5.19. The molecule has 0 aliphatic heterocycles. The van der Waals surface area contributed by atoms with E-state index in [2.05, 4.69) is 9.98 Å². The highest BCUT2D eigenvalue weighted by Crippen LogP contribution is 2.16. The van der Waals surface area contributed by atoms with Crippen molar-refractivity contribution < 1.29 is 9.47 Å². The number of aromatic nitrogens is 1. The van der Waals surface area contributed by atoms with E-state index in [0.717, 1.165) is 5.69 Å². The van der Waals surface area contributed by atoms with Gasteiger partial charge in [-0.2, -0.15) is 0 Å². The quantitative estimate of drug-likeness (QED) is 0.556. The average Bonchev–Trinajstić information content (AvgIpc) is 2.26. The summed E-state index contributed by atoms with van der Waals surface area (Å²) in [5.74, 6) is 0.576. The maximum Gasteiger partial charge on any atom is 0.250 e. The first-order chi connectivity index (χ1) is 6.80. The Kier molecular flexibility index (Phi) is 4.25. The molecule has 0 aromatic carbocycles. The van der Waals surface area contributed by atoms with E-state index < -0.39 is 0 Å². The van der Waals surface area contributed by atoms with Gasteiger partial charge in [0.1, 0.15) is 0 Å². The summed E-state index contributed by atoms with van der Waals surface area (Å²) in [5.41, 5.74) is 0.747. The van der Waals surface area contributed by atoms with Gasteiger partial charge < -0.3 is 9.47 Å². The zero-order chi connectivity index (χ0) is 10.4. The van der Waals surface area contributed by atoms with Crippen LogP contribution in [0.25, 0.3) is 0 Å². The Bertz CT molecular complexity index is 305. The van der Waals surface area contributed by atoms with Gasteiger partial charge in [-0.05, 0) is 12.3 Å². The Morgan fingerprint density at radius 1 is 1.43 bits per heavy atom. The van der Waals surface area contributed by atoms with E-state index in [1.54, 1.807) is 26.5 Å². The molecule has 1 aromatic rings. The third-order valence-electron chi connectivity index (χ3n) is 1.50. The van der Waals surface area contributed by atoms with Crippen molar-refractivity contribution in [3.05, 3.63) is 18.3 Å². The highest BCUT2D eigenvalue weighted by Gasteiger charge is 1.97. The van der Waals surface area contributed by atoms with Crippen LogP contribution in [-0.2, 0) is 4.74 Å². The number of hydrogen-bond donors (Lipinski definition) is 0. The minimum absolute atomic E-state index is 0.576. The third kappa shape index (κ3) is 2.92. The fourth-order valence-corrected chi connectivity index (χ4v) is 1.20. The summed E-state index contributed by atoms with van der Waals surface area (Å²) in [4.78, 5) is 8.24. The lowest BCUT2D eigenvalue weighted by molar-refractivity contribution is 0.398. The fourth-order valence-electron chi connectivity index (χ4n) is 0.839. The van der Waals surface area contributed by atoms with Crippen molar-refractivity contribution in [2.24, 2.45) is 4.99 Å². The second-order valence-corrected chi connectivity index (χ2v) is 3.10. The molecule has 0 spiro atoms. The minimum Gasteiger partial charge on any atom is -0.481 e. The van der Waals surface area contributed by atoms with Crippen molar-refractivity contribution in [3.63, 3.8) is 0 Å². The van der Waals surface area contributed by atoms with Crippen LogP contribution < -0.4 is 4.74 Å². The molecular weight excluding hydrogens is 200 g/mol. The van der Waals surface area contributed by atoms with E-state index in [1.807, 2.05) is 12.3 Å². The molecule has 0 saturated carbocycles. The second kappa shape index (κ2) is 5.49. The maximum atomic E-state index is 5.01. The predicted octanol–water partition coefficient (Wildman–Crippen LogP) is 2.09. The summed E-state index contributed by atoms with van der Waals surface area (Å²) < 4.78 is 9.94. The van der Waals surface area contributed by atoms with E-state index in [0.29, 0.717) is 11.1 Å². The second-order valence-electron chi connectivity index (χ2n) is 2.34. The van der Waals surface area contributed by atoms with Crippen LogP contribution in [0.3, 0.4) is 0 Å². The third-order valence-corrected chi connectivity index (χ3v) is 2.11. The molecule has 14 heavy (non-hydrogen) atoms. The number of ether oxygens (including phenoxy) is 2. The number of thioether (sulfide) groups is 1. The smallest absolute Gasteiger partial charge is 0.250 e. The average molecular weight is 212 g/mol. The van der Waals surface area contributed by atoms with Crippen molar-refractivity contribution in [2.45, 2.75) is 0 Å². The molecule has 0 saturated heterocycles. The van der Waals surface area contributed by atoms with Crippen molar-refractivity contribution in [2.75, 3.05) is 20.5 Å². The topological polar surface area (TPSA) is 43.7 Å². The normalized spacial score (nSPS) is 11.2. The van der Waals surface area contributed by atoms with Gasteiger partial charge in [0, 0.05) is 6.07 Å². The number of nitrogens with zero attached hydrogens (tertiary/aromatic N) is 2. The van der Waals surface area contributed by atoms with Gasteiger partial charge in [0.15, 0.2) is 0 Å². The molecule has 1 aromatic heterocycles. The summed E-state index contributed by atoms with van der Waals surface area (Å²) in [6, 6.07) is 3.58. The van der Waals surface area contributed by atoms with Crippen molar-refractivity contribution in [1.82, 2.24) is 4.98 Å². The number of hydrogen-bond acceptors (Lipinski definition) is 5. The lowest BCUT2D eigenvalue weighted by atomic mass is 10.4. The molecule has 0 radical (unpaired) electrons. The molecule has 0 fully saturated rings. The molecule has 0 atom stereocenters. The molecule has 76 valence electrons. The lowest BCUT2D eigenvalue weighted by Gasteiger charge is -2.01. The van der Waals surface area contributed by atoms with E-state index in [9.17, 15) is 0 Å². The molecule has 1 heterocycles. The summed E-state index contributed by atoms with van der Waals surface area (Å²) in [7, 11) is 3.17. The van der Waals surface area contributed by atoms with Gasteiger partial charge in [-0.25, -0.2) is 9.98 Å². The van der Waals surface area contributed by atoms with Crippen LogP contribution in [-0.4, -0.2) is 30.7 Å². The molecule has 0 unspecified atom stereocenters. The van der Waals surface area contributed by atoms with E-state index in [4.69, 9.17) is 9.47 Å². The van der Waals surface area contributed by atoms with Crippen molar-refractivity contribution in [3.8, 4) is 5.88 Å². The van der Waals surface area contributed by atoms with Gasteiger partial charge in [0.25, 0.3) is 0 Å². The predicted molar refractivity (Wildman–Crippen MR) is 58.4 cm³/mol. The monoisotopic (exact) mass is 212 g/mol. The number of methoxy groups -OCH3 is 2. The van der Waals surface area contributed by atoms with Gasteiger partial charge in [0.05, 0.1) is 26.1 Å². The largest absolute Gasteiger partial charge is 0.481 e. The SMILES string of the molecule is CO/C(=N/c1ccc(OC)nc1)SC. The summed E-state index contributed by atoms with van der Waals surface area (Å²) in [6.07, 6.45) is 3.54. The molecule has 0 N–H and O–H groups in total. The standard InChI is InChI=1S/C9H12N2O2S/c1-12-8-5-4-7(6-10-8)11-9(13-2)14-3/h4-6H,1-3H3/b11-9-. The van der Waals surface area contributed by atoms with E-state index >= 15 is 0 Å². The first kappa shape index (κ1) is 10.8. The molecule has 1 rings (SSSR count). The van der Waals surface area contributed by atoms with Crippen LogP contribution in [0.5, 0.6) is 5.88 Å². The Hall–Kier alpha value is -1.23. The van der Waals surface area contributed by atoms with Crippen LogP contribution >= 0.6 is 11.8 Å². The van der Waals surface area contributed by atoms with Crippen LogP contribution in [0.4, 0.5) is 5.69 Å². The van der Waals surface area contributed by atoms with Crippen molar-refractivity contribution in [1.29, 1.82) is 0 Å². The molecule has 0 aliphatic carbocycles. The van der Waals surface area contributed by atoms with E-state index in [-0.39, 0.29) is 0 Å². The highest BCUT2D eigenvalue weighted by atomic mass is 32.2.